The Balaban J connectivity index is 1.77. The minimum absolute atomic E-state index is 0.140. The lowest BCUT2D eigenvalue weighted by Crippen LogP contribution is -2.27. The minimum Gasteiger partial charge on any atom is -0.465 e. The van der Waals surface area contributed by atoms with Crippen molar-refractivity contribution in [3.63, 3.8) is 0 Å². The molecule has 6 nitrogen and oxygen atoms in total. The van der Waals surface area contributed by atoms with Gasteiger partial charge in [-0.1, -0.05) is 15.9 Å². The van der Waals surface area contributed by atoms with Crippen LogP contribution in [0.25, 0.3) is 0 Å². The van der Waals surface area contributed by atoms with Crippen LogP contribution in [0.4, 0.5) is 5.69 Å². The predicted molar refractivity (Wildman–Crippen MR) is 97.5 cm³/mol. The third-order valence-corrected chi connectivity index (χ3v) is 3.86. The molecule has 0 saturated heterocycles. The minimum atomic E-state index is -0.437. The Morgan fingerprint density at radius 3 is 2.16 bits per heavy atom. The first-order valence-corrected chi connectivity index (χ1v) is 8.31. The Morgan fingerprint density at radius 2 is 1.56 bits per heavy atom. The molecular formula is C18H17BrN2O4. The maximum absolute atomic E-state index is 11.9. The van der Waals surface area contributed by atoms with Gasteiger partial charge in [0.2, 0.25) is 5.91 Å². The number of halogens is 1. The Labute approximate surface area is 153 Å². The van der Waals surface area contributed by atoms with Gasteiger partial charge >= 0.3 is 5.97 Å². The first-order valence-electron chi connectivity index (χ1n) is 7.51. The number of methoxy groups -OCH3 is 1. The maximum atomic E-state index is 11.9. The van der Waals surface area contributed by atoms with Gasteiger partial charge in [0.25, 0.3) is 5.91 Å². The Bertz CT molecular complexity index is 758. The van der Waals surface area contributed by atoms with Crippen LogP contribution < -0.4 is 10.6 Å². The highest BCUT2D eigenvalue weighted by Crippen LogP contribution is 2.11. The van der Waals surface area contributed by atoms with Crippen LogP contribution in [0.15, 0.2) is 53.0 Å². The van der Waals surface area contributed by atoms with Gasteiger partial charge in [0.05, 0.1) is 12.7 Å². The van der Waals surface area contributed by atoms with Crippen LogP contribution in [0.2, 0.25) is 0 Å². The normalized spacial score (nSPS) is 10.0. The van der Waals surface area contributed by atoms with Gasteiger partial charge < -0.3 is 15.4 Å². The van der Waals surface area contributed by atoms with Crippen molar-refractivity contribution in [3.8, 4) is 0 Å². The fourth-order valence-corrected chi connectivity index (χ4v) is 2.29. The summed E-state index contributed by atoms with van der Waals surface area (Å²) in [6, 6.07) is 13.3. The van der Waals surface area contributed by atoms with Crippen molar-refractivity contribution in [3.05, 3.63) is 64.1 Å². The maximum Gasteiger partial charge on any atom is 0.337 e. The molecule has 2 aromatic rings. The Hall–Kier alpha value is -2.67. The highest BCUT2D eigenvalue weighted by Gasteiger charge is 2.08. The van der Waals surface area contributed by atoms with Crippen LogP contribution in [-0.4, -0.2) is 31.4 Å². The summed E-state index contributed by atoms with van der Waals surface area (Å²) in [5.74, 6) is -0.904. The molecule has 0 unspecified atom stereocenters. The van der Waals surface area contributed by atoms with E-state index < -0.39 is 5.97 Å². The quantitative estimate of drug-likeness (QED) is 0.724. The van der Waals surface area contributed by atoms with Crippen molar-refractivity contribution in [2.75, 3.05) is 19.0 Å². The number of carbonyl (C=O) groups is 3. The fourth-order valence-electron chi connectivity index (χ4n) is 2.02. The molecule has 25 heavy (non-hydrogen) atoms. The molecule has 0 aliphatic rings. The third-order valence-electron chi connectivity index (χ3n) is 3.33. The van der Waals surface area contributed by atoms with Crippen molar-refractivity contribution in [2.24, 2.45) is 0 Å². The van der Waals surface area contributed by atoms with E-state index in [2.05, 4.69) is 31.3 Å². The summed E-state index contributed by atoms with van der Waals surface area (Å²) in [5.41, 5.74) is 1.50. The molecule has 0 spiro atoms. The summed E-state index contributed by atoms with van der Waals surface area (Å²) >= 11 is 3.30. The second-order valence-corrected chi connectivity index (χ2v) is 6.05. The van der Waals surface area contributed by atoms with Crippen molar-refractivity contribution >= 4 is 39.4 Å². The molecule has 7 heteroatoms. The molecule has 0 aliphatic carbocycles. The highest BCUT2D eigenvalue weighted by atomic mass is 79.9. The van der Waals surface area contributed by atoms with Gasteiger partial charge in [-0.05, 0) is 48.5 Å². The van der Waals surface area contributed by atoms with Gasteiger partial charge in [-0.2, -0.15) is 0 Å². The van der Waals surface area contributed by atoms with Crippen molar-refractivity contribution in [2.45, 2.75) is 6.42 Å². The van der Waals surface area contributed by atoms with Crippen molar-refractivity contribution in [1.29, 1.82) is 0 Å². The van der Waals surface area contributed by atoms with Gasteiger partial charge in [0.1, 0.15) is 0 Å². The number of ether oxygens (including phenoxy) is 1. The number of benzene rings is 2. The second kappa shape index (κ2) is 8.98. The highest BCUT2D eigenvalue weighted by molar-refractivity contribution is 9.10. The van der Waals surface area contributed by atoms with Crippen LogP contribution in [0, 0.1) is 0 Å². The number of carbonyl (C=O) groups excluding carboxylic acids is 3. The van der Waals surface area contributed by atoms with Gasteiger partial charge in [0, 0.05) is 28.7 Å². The number of esters is 1. The van der Waals surface area contributed by atoms with Crippen molar-refractivity contribution in [1.82, 2.24) is 5.32 Å². The van der Waals surface area contributed by atoms with E-state index in [0.29, 0.717) is 16.8 Å². The van der Waals surface area contributed by atoms with E-state index in [1.165, 1.54) is 7.11 Å². The molecule has 0 saturated carbocycles. The zero-order chi connectivity index (χ0) is 18.2. The summed E-state index contributed by atoms with van der Waals surface area (Å²) in [6.07, 6.45) is 0.140. The van der Waals surface area contributed by atoms with E-state index >= 15 is 0 Å². The fraction of sp³-hybridized carbons (Fsp3) is 0.167. The number of nitrogens with one attached hydrogen (secondary N) is 2. The standard InChI is InChI=1S/C18H17BrN2O4/c1-25-18(24)13-4-8-15(9-5-13)21-16(22)10-11-20-17(23)12-2-6-14(19)7-3-12/h2-9H,10-11H2,1H3,(H,20,23)(H,21,22). The van der Waals surface area contributed by atoms with Gasteiger partial charge in [0.15, 0.2) is 0 Å². The number of rotatable bonds is 6. The molecule has 0 aromatic heterocycles. The first kappa shape index (κ1) is 18.7. The van der Waals surface area contributed by atoms with Gasteiger partial charge in [-0.15, -0.1) is 0 Å². The second-order valence-electron chi connectivity index (χ2n) is 5.13. The summed E-state index contributed by atoms with van der Waals surface area (Å²) in [7, 11) is 1.31. The number of hydrogen-bond donors (Lipinski definition) is 2. The summed E-state index contributed by atoms with van der Waals surface area (Å²) < 4.78 is 5.50. The van der Waals surface area contributed by atoms with Crippen LogP contribution in [0.3, 0.4) is 0 Å². The predicted octanol–water partition coefficient (Wildman–Crippen LogP) is 2.99. The molecule has 2 N–H and O–H groups in total. The van der Waals surface area contributed by atoms with Gasteiger partial charge in [-0.25, -0.2) is 4.79 Å². The number of hydrogen-bond acceptors (Lipinski definition) is 4. The molecule has 0 fully saturated rings. The summed E-state index contributed by atoms with van der Waals surface area (Å²) in [4.78, 5) is 35.1. The number of anilines is 1. The van der Waals surface area contributed by atoms with E-state index in [4.69, 9.17) is 0 Å². The van der Waals surface area contributed by atoms with Crippen molar-refractivity contribution < 1.29 is 19.1 Å². The lowest BCUT2D eigenvalue weighted by atomic mass is 10.2. The third kappa shape index (κ3) is 5.72. The molecule has 0 heterocycles. The summed E-state index contributed by atoms with van der Waals surface area (Å²) in [5, 5.41) is 5.39. The summed E-state index contributed by atoms with van der Waals surface area (Å²) in [6.45, 7) is 0.223. The SMILES string of the molecule is COC(=O)c1ccc(NC(=O)CCNC(=O)c2ccc(Br)cc2)cc1. The smallest absolute Gasteiger partial charge is 0.337 e. The Morgan fingerprint density at radius 1 is 0.960 bits per heavy atom. The van der Waals surface area contributed by atoms with Crippen LogP contribution in [0.1, 0.15) is 27.1 Å². The molecule has 0 bridgehead atoms. The molecular weight excluding hydrogens is 388 g/mol. The molecule has 0 aliphatic heterocycles. The molecule has 0 radical (unpaired) electrons. The Kier molecular flexibility index (Phi) is 6.71. The molecule has 0 atom stereocenters. The molecule has 2 amide bonds. The average molecular weight is 405 g/mol. The van der Waals surface area contributed by atoms with E-state index in [-0.39, 0.29) is 24.8 Å². The topological polar surface area (TPSA) is 84.5 Å². The van der Waals surface area contributed by atoms with Crippen LogP contribution >= 0.6 is 15.9 Å². The van der Waals surface area contributed by atoms with E-state index in [0.717, 1.165) is 4.47 Å². The zero-order valence-corrected chi connectivity index (χ0v) is 15.1. The lowest BCUT2D eigenvalue weighted by molar-refractivity contribution is -0.116. The van der Waals surface area contributed by atoms with E-state index in [1.54, 1.807) is 48.5 Å². The first-order chi connectivity index (χ1) is 12.0. The average Bonchev–Trinajstić information content (AvgIpc) is 2.62. The molecule has 130 valence electrons. The largest absolute Gasteiger partial charge is 0.465 e. The van der Waals surface area contributed by atoms with Crippen LogP contribution in [0.5, 0.6) is 0 Å². The number of amides is 2. The van der Waals surface area contributed by atoms with E-state index in [9.17, 15) is 14.4 Å². The monoisotopic (exact) mass is 404 g/mol. The molecule has 2 rings (SSSR count). The van der Waals surface area contributed by atoms with Crippen LogP contribution in [-0.2, 0) is 9.53 Å². The molecule has 2 aromatic carbocycles. The van der Waals surface area contributed by atoms with E-state index in [1.807, 2.05) is 0 Å². The lowest BCUT2D eigenvalue weighted by Gasteiger charge is -2.07. The zero-order valence-electron chi connectivity index (χ0n) is 13.5. The van der Waals surface area contributed by atoms with Gasteiger partial charge in [-0.3, -0.25) is 9.59 Å².